The molecule has 0 aliphatic carbocycles. The molecule has 2 aromatic carbocycles. The molecule has 2 amide bonds. The molecule has 2 aromatic rings. The van der Waals surface area contributed by atoms with Crippen molar-refractivity contribution in [3.05, 3.63) is 65.7 Å². The van der Waals surface area contributed by atoms with Gasteiger partial charge in [0.1, 0.15) is 0 Å². The van der Waals surface area contributed by atoms with Crippen molar-refractivity contribution in [1.82, 2.24) is 5.32 Å². The fourth-order valence-corrected chi connectivity index (χ4v) is 2.15. The molecule has 0 fully saturated rings. The minimum atomic E-state index is -4.51. The summed E-state index contributed by atoms with van der Waals surface area (Å²) in [6, 6.07) is 13.8. The van der Waals surface area contributed by atoms with Crippen LogP contribution in [0.15, 0.2) is 54.6 Å². The van der Waals surface area contributed by atoms with Crippen molar-refractivity contribution in [2.45, 2.75) is 19.0 Å². The summed E-state index contributed by atoms with van der Waals surface area (Å²) >= 11 is 0. The summed E-state index contributed by atoms with van der Waals surface area (Å²) < 4.78 is 38.6. The van der Waals surface area contributed by atoms with Gasteiger partial charge in [0.25, 0.3) is 0 Å². The number of carbonyl (C=O) groups excluding carboxylic acids is 1. The molecule has 0 aromatic heterocycles. The van der Waals surface area contributed by atoms with Gasteiger partial charge in [-0.1, -0.05) is 49.4 Å². The fourth-order valence-electron chi connectivity index (χ4n) is 2.15. The Bertz CT molecular complexity index is 656. The third kappa shape index (κ3) is 4.74. The van der Waals surface area contributed by atoms with Gasteiger partial charge in [-0.25, -0.2) is 4.79 Å². The highest BCUT2D eigenvalue weighted by molar-refractivity contribution is 5.90. The Morgan fingerprint density at radius 1 is 1.04 bits per heavy atom. The van der Waals surface area contributed by atoms with Crippen molar-refractivity contribution in [1.29, 1.82) is 0 Å². The van der Waals surface area contributed by atoms with E-state index < -0.39 is 17.8 Å². The Morgan fingerprint density at radius 3 is 2.30 bits per heavy atom. The number of urea groups is 1. The molecule has 3 nitrogen and oxygen atoms in total. The van der Waals surface area contributed by atoms with Crippen molar-refractivity contribution in [2.24, 2.45) is 0 Å². The summed E-state index contributed by atoms with van der Waals surface area (Å²) in [7, 11) is 0. The number of anilines is 1. The molecular formula is C17H17F3N2O. The number of amides is 2. The van der Waals surface area contributed by atoms with Crippen LogP contribution in [0.25, 0.3) is 0 Å². The first-order chi connectivity index (χ1) is 10.9. The first-order valence-electron chi connectivity index (χ1n) is 7.14. The second-order valence-corrected chi connectivity index (χ2v) is 5.19. The highest BCUT2D eigenvalue weighted by Gasteiger charge is 2.33. The minimum absolute atomic E-state index is 0.0554. The lowest BCUT2D eigenvalue weighted by atomic mass is 10.0. The predicted molar refractivity (Wildman–Crippen MR) is 83.3 cm³/mol. The molecule has 122 valence electrons. The maximum atomic E-state index is 12.9. The zero-order valence-corrected chi connectivity index (χ0v) is 12.5. The normalized spacial score (nSPS) is 12.5. The van der Waals surface area contributed by atoms with Gasteiger partial charge in [0.15, 0.2) is 0 Å². The lowest BCUT2D eigenvalue weighted by Gasteiger charge is -2.16. The molecule has 0 aliphatic heterocycles. The first kappa shape index (κ1) is 16.9. The van der Waals surface area contributed by atoms with Crippen molar-refractivity contribution in [3.63, 3.8) is 0 Å². The van der Waals surface area contributed by atoms with Crippen LogP contribution in [0, 0.1) is 0 Å². The van der Waals surface area contributed by atoms with Crippen LogP contribution in [-0.2, 0) is 6.18 Å². The fraction of sp³-hybridized carbons (Fsp3) is 0.235. The van der Waals surface area contributed by atoms with Gasteiger partial charge < -0.3 is 10.6 Å². The molecule has 0 saturated carbocycles. The summed E-state index contributed by atoms with van der Waals surface area (Å²) in [6.07, 6.45) is -4.51. The van der Waals surface area contributed by atoms with Gasteiger partial charge in [-0.2, -0.15) is 13.2 Å². The zero-order valence-electron chi connectivity index (χ0n) is 12.5. The molecule has 6 heteroatoms. The monoisotopic (exact) mass is 322 g/mol. The quantitative estimate of drug-likeness (QED) is 0.846. The number of hydrogen-bond donors (Lipinski definition) is 2. The molecule has 2 rings (SSSR count). The highest BCUT2D eigenvalue weighted by atomic mass is 19.4. The van der Waals surface area contributed by atoms with Gasteiger partial charge in [0, 0.05) is 6.54 Å². The molecule has 0 radical (unpaired) electrons. The van der Waals surface area contributed by atoms with Gasteiger partial charge in [-0.05, 0) is 23.6 Å². The van der Waals surface area contributed by atoms with Crippen LogP contribution in [0.3, 0.4) is 0 Å². The van der Waals surface area contributed by atoms with Gasteiger partial charge in [0.2, 0.25) is 0 Å². The summed E-state index contributed by atoms with van der Waals surface area (Å²) in [5, 5.41) is 4.84. The molecule has 1 atom stereocenters. The number of benzene rings is 2. The van der Waals surface area contributed by atoms with E-state index in [0.29, 0.717) is 6.54 Å². The van der Waals surface area contributed by atoms with Crippen molar-refractivity contribution >= 4 is 11.7 Å². The molecule has 0 saturated heterocycles. The Labute approximate surface area is 132 Å². The number of hydrogen-bond acceptors (Lipinski definition) is 1. The smallest absolute Gasteiger partial charge is 0.337 e. The number of alkyl halides is 3. The van der Waals surface area contributed by atoms with Crippen LogP contribution in [0.2, 0.25) is 0 Å². The van der Waals surface area contributed by atoms with Crippen LogP contribution in [0.4, 0.5) is 23.7 Å². The zero-order chi connectivity index (χ0) is 16.9. The third-order valence-corrected chi connectivity index (χ3v) is 3.42. The second-order valence-electron chi connectivity index (χ2n) is 5.19. The van der Waals surface area contributed by atoms with E-state index in [1.807, 2.05) is 37.3 Å². The lowest BCUT2D eigenvalue weighted by molar-refractivity contribution is -0.136. The van der Waals surface area contributed by atoms with Gasteiger partial charge >= 0.3 is 12.2 Å². The largest absolute Gasteiger partial charge is 0.418 e. The summed E-state index contributed by atoms with van der Waals surface area (Å²) in [4.78, 5) is 11.8. The van der Waals surface area contributed by atoms with E-state index in [2.05, 4.69) is 10.6 Å². The molecule has 23 heavy (non-hydrogen) atoms. The van der Waals surface area contributed by atoms with Gasteiger partial charge in [-0.15, -0.1) is 0 Å². The number of nitrogens with one attached hydrogen (secondary N) is 2. The van der Waals surface area contributed by atoms with Crippen LogP contribution in [0.1, 0.15) is 24.0 Å². The molecule has 1 unspecified atom stereocenters. The Hall–Kier alpha value is -2.50. The molecule has 0 aliphatic rings. The van der Waals surface area contributed by atoms with E-state index in [4.69, 9.17) is 0 Å². The summed E-state index contributed by atoms with van der Waals surface area (Å²) in [5.74, 6) is 0.0554. The lowest BCUT2D eigenvalue weighted by Crippen LogP contribution is -2.32. The van der Waals surface area contributed by atoms with Crippen LogP contribution < -0.4 is 10.6 Å². The van der Waals surface area contributed by atoms with Gasteiger partial charge in [-0.3, -0.25) is 0 Å². The number of halogens is 3. The third-order valence-electron chi connectivity index (χ3n) is 3.42. The predicted octanol–water partition coefficient (Wildman–Crippen LogP) is 4.63. The number of carbonyl (C=O) groups is 1. The van der Waals surface area contributed by atoms with Crippen molar-refractivity contribution in [3.8, 4) is 0 Å². The minimum Gasteiger partial charge on any atom is -0.337 e. The van der Waals surface area contributed by atoms with E-state index in [1.165, 1.54) is 18.2 Å². The van der Waals surface area contributed by atoms with Crippen LogP contribution in [-0.4, -0.2) is 12.6 Å². The Morgan fingerprint density at radius 2 is 1.65 bits per heavy atom. The molecule has 0 bridgehead atoms. The van der Waals surface area contributed by atoms with E-state index >= 15 is 0 Å². The van der Waals surface area contributed by atoms with E-state index in [0.717, 1.165) is 11.6 Å². The topological polar surface area (TPSA) is 41.1 Å². The van der Waals surface area contributed by atoms with Crippen LogP contribution in [0.5, 0.6) is 0 Å². The summed E-state index contributed by atoms with van der Waals surface area (Å²) in [6.45, 7) is 2.25. The maximum Gasteiger partial charge on any atom is 0.418 e. The van der Waals surface area contributed by atoms with E-state index in [1.54, 1.807) is 0 Å². The first-order valence-corrected chi connectivity index (χ1v) is 7.14. The summed E-state index contributed by atoms with van der Waals surface area (Å²) in [5.41, 5.74) is -0.0837. The SMILES string of the molecule is CC(CNC(=O)Nc1ccccc1C(F)(F)F)c1ccccc1. The highest BCUT2D eigenvalue weighted by Crippen LogP contribution is 2.34. The van der Waals surface area contributed by atoms with Gasteiger partial charge in [0.05, 0.1) is 11.3 Å². The maximum absolute atomic E-state index is 12.9. The van der Waals surface area contributed by atoms with Crippen molar-refractivity contribution in [2.75, 3.05) is 11.9 Å². The average Bonchev–Trinajstić information content (AvgIpc) is 2.53. The standard InChI is InChI=1S/C17H17F3N2O/c1-12(13-7-3-2-4-8-13)11-21-16(23)22-15-10-6-5-9-14(15)17(18,19)20/h2-10,12H,11H2,1H3,(H2,21,22,23). The van der Waals surface area contributed by atoms with E-state index in [-0.39, 0.29) is 11.6 Å². The molecule has 0 spiro atoms. The number of para-hydroxylation sites is 1. The van der Waals surface area contributed by atoms with Crippen molar-refractivity contribution < 1.29 is 18.0 Å². The van der Waals surface area contributed by atoms with E-state index in [9.17, 15) is 18.0 Å². The Balaban J connectivity index is 1.96. The average molecular weight is 322 g/mol. The molecule has 2 N–H and O–H groups in total. The Kier molecular flexibility index (Phi) is 5.26. The number of rotatable bonds is 4. The van der Waals surface area contributed by atoms with Crippen LogP contribution >= 0.6 is 0 Å². The molecule has 0 heterocycles. The molecular weight excluding hydrogens is 305 g/mol. The second kappa shape index (κ2) is 7.17.